The number of benzene rings is 2. The Morgan fingerprint density at radius 1 is 1.00 bits per heavy atom. The van der Waals surface area contributed by atoms with Gasteiger partial charge in [0.05, 0.1) is 10.6 Å². The summed E-state index contributed by atoms with van der Waals surface area (Å²) in [6.45, 7) is 4.03. The van der Waals surface area contributed by atoms with E-state index >= 15 is 0 Å². The summed E-state index contributed by atoms with van der Waals surface area (Å²) in [6, 6.07) is 13.8. The van der Waals surface area contributed by atoms with Gasteiger partial charge in [0.2, 0.25) is 5.91 Å². The first kappa shape index (κ1) is 19.5. The van der Waals surface area contributed by atoms with Crippen LogP contribution >= 0.6 is 11.6 Å². The van der Waals surface area contributed by atoms with E-state index in [0.717, 1.165) is 22.7 Å². The fourth-order valence-electron chi connectivity index (χ4n) is 3.79. The third-order valence-corrected chi connectivity index (χ3v) is 5.70. The van der Waals surface area contributed by atoms with Crippen LogP contribution in [0.1, 0.15) is 16.1 Å². The summed E-state index contributed by atoms with van der Waals surface area (Å²) < 4.78 is 15.2. The van der Waals surface area contributed by atoms with Crippen molar-refractivity contribution in [3.63, 3.8) is 0 Å². The van der Waals surface area contributed by atoms with Gasteiger partial charge in [0.1, 0.15) is 12.4 Å². The van der Waals surface area contributed by atoms with E-state index in [1.54, 1.807) is 9.80 Å². The summed E-state index contributed by atoms with van der Waals surface area (Å²) in [4.78, 5) is 28.9. The second kappa shape index (κ2) is 7.87. The number of piperazine rings is 1. The molecule has 0 spiro atoms. The van der Waals surface area contributed by atoms with Crippen molar-refractivity contribution in [3.05, 3.63) is 70.6 Å². The third kappa shape index (κ3) is 3.85. The lowest BCUT2D eigenvalue weighted by atomic mass is 10.1. The molecule has 2 amide bonds. The molecular weight excluding hydrogens is 393 g/mol. The van der Waals surface area contributed by atoms with Gasteiger partial charge in [-0.2, -0.15) is 0 Å². The minimum Gasteiger partial charge on any atom is -0.338 e. The van der Waals surface area contributed by atoms with Gasteiger partial charge >= 0.3 is 0 Å². The predicted octanol–water partition coefficient (Wildman–Crippen LogP) is 3.73. The number of aryl methyl sites for hydroxylation is 1. The van der Waals surface area contributed by atoms with Gasteiger partial charge < -0.3 is 14.4 Å². The minimum absolute atomic E-state index is 0.0290. The van der Waals surface area contributed by atoms with Gasteiger partial charge in [-0.25, -0.2) is 4.39 Å². The Kier molecular flexibility index (Phi) is 5.28. The van der Waals surface area contributed by atoms with Crippen LogP contribution in [0.4, 0.5) is 4.39 Å². The summed E-state index contributed by atoms with van der Waals surface area (Å²) in [7, 11) is 0. The Hall–Kier alpha value is -2.86. The van der Waals surface area contributed by atoms with Gasteiger partial charge in [0.25, 0.3) is 5.91 Å². The molecule has 3 aromatic rings. The normalized spacial score (nSPS) is 14.4. The van der Waals surface area contributed by atoms with Gasteiger partial charge in [0, 0.05) is 37.4 Å². The number of nitrogens with zero attached hydrogens (tertiary/aromatic N) is 3. The van der Waals surface area contributed by atoms with Crippen LogP contribution < -0.4 is 0 Å². The number of carbonyl (C=O) groups is 2. The molecule has 2 heterocycles. The van der Waals surface area contributed by atoms with Gasteiger partial charge in [-0.15, -0.1) is 0 Å². The fraction of sp³-hybridized carbons (Fsp3) is 0.273. The Bertz CT molecular complexity index is 1090. The molecule has 1 aromatic heterocycles. The molecule has 5 nitrogen and oxygen atoms in total. The van der Waals surface area contributed by atoms with E-state index in [1.807, 2.05) is 35.8 Å². The summed E-state index contributed by atoms with van der Waals surface area (Å²) >= 11 is 6.01. The topological polar surface area (TPSA) is 45.6 Å². The van der Waals surface area contributed by atoms with Crippen LogP contribution in [0.5, 0.6) is 0 Å². The molecule has 4 rings (SSSR count). The molecule has 0 bridgehead atoms. The molecular formula is C22H21ClFN3O2. The van der Waals surface area contributed by atoms with Gasteiger partial charge in [0.15, 0.2) is 0 Å². The molecule has 1 saturated heterocycles. The number of fused-ring (bicyclic) bond motifs is 1. The van der Waals surface area contributed by atoms with Crippen molar-refractivity contribution >= 4 is 34.3 Å². The van der Waals surface area contributed by atoms with Gasteiger partial charge in [-0.05, 0) is 42.6 Å². The number of amides is 2. The number of halogens is 2. The SMILES string of the molecule is Cc1cc2ccccc2n1CC(=O)N1CCN(C(=O)c2ccc(F)cc2Cl)CC1. The van der Waals surface area contributed by atoms with E-state index in [2.05, 4.69) is 6.07 Å². The molecule has 7 heteroatoms. The molecule has 0 N–H and O–H groups in total. The zero-order valence-electron chi connectivity index (χ0n) is 16.1. The molecule has 0 unspecified atom stereocenters. The molecule has 150 valence electrons. The van der Waals surface area contributed by atoms with Crippen LogP contribution in [0, 0.1) is 12.7 Å². The Morgan fingerprint density at radius 2 is 1.69 bits per heavy atom. The predicted molar refractivity (Wildman–Crippen MR) is 111 cm³/mol. The highest BCUT2D eigenvalue weighted by atomic mass is 35.5. The maximum atomic E-state index is 13.2. The van der Waals surface area contributed by atoms with Crippen molar-refractivity contribution in [2.24, 2.45) is 0 Å². The van der Waals surface area contributed by atoms with Crippen LogP contribution in [0.25, 0.3) is 10.9 Å². The van der Waals surface area contributed by atoms with Crippen LogP contribution in [0.15, 0.2) is 48.5 Å². The first-order chi connectivity index (χ1) is 13.9. The first-order valence-corrected chi connectivity index (χ1v) is 9.89. The van der Waals surface area contributed by atoms with E-state index in [0.29, 0.717) is 26.2 Å². The van der Waals surface area contributed by atoms with Gasteiger partial charge in [-0.3, -0.25) is 9.59 Å². The molecule has 1 aliphatic heterocycles. The summed E-state index contributed by atoms with van der Waals surface area (Å²) in [5.74, 6) is -0.689. The largest absolute Gasteiger partial charge is 0.338 e. The zero-order chi connectivity index (χ0) is 20.5. The number of hydrogen-bond donors (Lipinski definition) is 0. The van der Waals surface area contributed by atoms with Crippen molar-refractivity contribution < 1.29 is 14.0 Å². The summed E-state index contributed by atoms with van der Waals surface area (Å²) in [5, 5.41) is 1.22. The number of carbonyl (C=O) groups excluding carboxylic acids is 2. The van der Waals surface area contributed by atoms with Crippen LogP contribution in [-0.2, 0) is 11.3 Å². The van der Waals surface area contributed by atoms with E-state index in [-0.39, 0.29) is 28.9 Å². The molecule has 29 heavy (non-hydrogen) atoms. The lowest BCUT2D eigenvalue weighted by Gasteiger charge is -2.35. The molecule has 0 aliphatic carbocycles. The zero-order valence-corrected chi connectivity index (χ0v) is 16.8. The monoisotopic (exact) mass is 413 g/mol. The maximum absolute atomic E-state index is 13.2. The van der Waals surface area contributed by atoms with E-state index < -0.39 is 5.82 Å². The highest BCUT2D eigenvalue weighted by molar-refractivity contribution is 6.33. The Labute approximate surface area is 173 Å². The lowest BCUT2D eigenvalue weighted by molar-refractivity contribution is -0.133. The fourth-order valence-corrected chi connectivity index (χ4v) is 4.03. The number of para-hydroxylation sites is 1. The highest BCUT2D eigenvalue weighted by Crippen LogP contribution is 2.21. The molecule has 0 atom stereocenters. The highest BCUT2D eigenvalue weighted by Gasteiger charge is 2.26. The second-order valence-electron chi connectivity index (χ2n) is 7.23. The second-order valence-corrected chi connectivity index (χ2v) is 7.64. The van der Waals surface area contributed by atoms with Crippen molar-refractivity contribution in [2.45, 2.75) is 13.5 Å². The molecule has 1 fully saturated rings. The standard InChI is InChI=1S/C22H21ClFN3O2/c1-15-12-16-4-2-3-5-20(16)27(15)14-21(28)25-8-10-26(11-9-25)22(29)18-7-6-17(24)13-19(18)23/h2-7,12-13H,8-11,14H2,1H3. The van der Waals surface area contributed by atoms with Gasteiger partial charge in [-0.1, -0.05) is 29.8 Å². The molecule has 1 aliphatic rings. The average Bonchev–Trinajstić information content (AvgIpc) is 3.03. The van der Waals surface area contributed by atoms with Crippen molar-refractivity contribution in [2.75, 3.05) is 26.2 Å². The van der Waals surface area contributed by atoms with Crippen molar-refractivity contribution in [3.8, 4) is 0 Å². The van der Waals surface area contributed by atoms with Crippen LogP contribution in [0.2, 0.25) is 5.02 Å². The number of aromatic nitrogens is 1. The maximum Gasteiger partial charge on any atom is 0.255 e. The number of hydrogen-bond acceptors (Lipinski definition) is 2. The van der Waals surface area contributed by atoms with E-state index in [4.69, 9.17) is 11.6 Å². The Morgan fingerprint density at radius 3 is 2.41 bits per heavy atom. The first-order valence-electron chi connectivity index (χ1n) is 9.51. The Balaban J connectivity index is 1.41. The smallest absolute Gasteiger partial charge is 0.255 e. The quantitative estimate of drug-likeness (QED) is 0.656. The molecule has 2 aromatic carbocycles. The summed E-state index contributed by atoms with van der Waals surface area (Å²) in [6.07, 6.45) is 0. The molecule has 0 saturated carbocycles. The lowest BCUT2D eigenvalue weighted by Crippen LogP contribution is -2.51. The van der Waals surface area contributed by atoms with Crippen LogP contribution in [-0.4, -0.2) is 52.4 Å². The minimum atomic E-state index is -0.477. The number of rotatable bonds is 3. The van der Waals surface area contributed by atoms with Crippen LogP contribution in [0.3, 0.4) is 0 Å². The van der Waals surface area contributed by atoms with E-state index in [1.165, 1.54) is 12.1 Å². The summed E-state index contributed by atoms with van der Waals surface area (Å²) in [5.41, 5.74) is 2.36. The third-order valence-electron chi connectivity index (χ3n) is 5.39. The van der Waals surface area contributed by atoms with Crippen molar-refractivity contribution in [1.29, 1.82) is 0 Å². The van der Waals surface area contributed by atoms with E-state index in [9.17, 15) is 14.0 Å². The molecule has 0 radical (unpaired) electrons. The van der Waals surface area contributed by atoms with Crippen molar-refractivity contribution in [1.82, 2.24) is 14.4 Å². The average molecular weight is 414 g/mol.